The maximum Gasteiger partial charge on any atom is 0.333 e. The molecule has 2 aliphatic rings. The second-order valence-electron chi connectivity index (χ2n) is 7.92. The predicted octanol–water partition coefficient (Wildman–Crippen LogP) is 1.19. The fraction of sp³-hybridized carbons (Fsp3) is 0.850. The second kappa shape index (κ2) is 9.47. The van der Waals surface area contributed by atoms with Crippen molar-refractivity contribution in [1.82, 2.24) is 0 Å². The van der Waals surface area contributed by atoms with Gasteiger partial charge >= 0.3 is 5.97 Å². The molecule has 2 heterocycles. The third-order valence-corrected chi connectivity index (χ3v) is 5.90. The molecule has 2 saturated heterocycles. The number of aliphatic hydroxyl groups excluding tert-OH is 3. The highest BCUT2D eigenvalue weighted by Gasteiger charge is 2.48. The molecule has 0 amide bonds. The van der Waals surface area contributed by atoms with E-state index in [0.29, 0.717) is 31.6 Å². The van der Waals surface area contributed by atoms with Gasteiger partial charge in [0.1, 0.15) is 6.10 Å². The summed E-state index contributed by atoms with van der Waals surface area (Å²) in [6.45, 7) is 9.56. The number of hydrogen-bond acceptors (Lipinski definition) is 7. The largest absolute Gasteiger partial charge is 0.463 e. The van der Waals surface area contributed by atoms with Crippen molar-refractivity contribution >= 4 is 5.97 Å². The molecular weight excluding hydrogens is 352 g/mol. The summed E-state index contributed by atoms with van der Waals surface area (Å²) in [5.41, 5.74) is 1.28. The molecule has 3 N–H and O–H groups in total. The summed E-state index contributed by atoms with van der Waals surface area (Å²) in [6.07, 6.45) is -2.03. The SMILES string of the molecule is CCOC(=O)C(C)=C(C)C[C@@H]1OC[C@H](C[C@@H]2O[C@H]2[C@@H](C)[C@H](C)O)[C@@H](O)[C@H]1O. The third-order valence-electron chi connectivity index (χ3n) is 5.90. The van der Waals surface area contributed by atoms with Crippen LogP contribution in [0.25, 0.3) is 0 Å². The van der Waals surface area contributed by atoms with E-state index >= 15 is 0 Å². The summed E-state index contributed by atoms with van der Waals surface area (Å²) in [5.74, 6) is -0.557. The van der Waals surface area contributed by atoms with Crippen LogP contribution in [0.5, 0.6) is 0 Å². The molecule has 0 saturated carbocycles. The van der Waals surface area contributed by atoms with Crippen LogP contribution in [0.1, 0.15) is 47.5 Å². The molecule has 27 heavy (non-hydrogen) atoms. The molecule has 0 unspecified atom stereocenters. The lowest BCUT2D eigenvalue weighted by molar-refractivity contribution is -0.165. The summed E-state index contributed by atoms with van der Waals surface area (Å²) in [5, 5.41) is 30.7. The monoisotopic (exact) mass is 386 g/mol. The summed E-state index contributed by atoms with van der Waals surface area (Å²) in [7, 11) is 0. The van der Waals surface area contributed by atoms with Crippen molar-refractivity contribution in [1.29, 1.82) is 0 Å². The molecule has 2 aliphatic heterocycles. The minimum absolute atomic E-state index is 0.00975. The standard InChI is InChI=1S/C20H34O7/c1-6-25-20(24)11(3)10(2)7-15-18(23)17(22)14(9-26-15)8-16-19(27-16)12(4)13(5)21/h12-19,21-23H,6-9H2,1-5H3/t12-,13-,14-,15-,16-,17+,18-,19-/m0/s1. The van der Waals surface area contributed by atoms with E-state index in [0.717, 1.165) is 5.57 Å². The van der Waals surface area contributed by atoms with Crippen molar-refractivity contribution < 1.29 is 34.3 Å². The first-order valence-electron chi connectivity index (χ1n) is 9.82. The fourth-order valence-electron chi connectivity index (χ4n) is 3.58. The Labute approximate surface area is 161 Å². The molecule has 8 atom stereocenters. The zero-order chi connectivity index (χ0) is 20.3. The van der Waals surface area contributed by atoms with E-state index in [2.05, 4.69) is 0 Å². The Bertz CT molecular complexity index is 544. The molecule has 0 aromatic rings. The van der Waals surface area contributed by atoms with E-state index in [4.69, 9.17) is 14.2 Å². The second-order valence-corrected chi connectivity index (χ2v) is 7.92. The maximum absolute atomic E-state index is 11.8. The first-order chi connectivity index (χ1) is 12.7. The molecular formula is C20H34O7. The van der Waals surface area contributed by atoms with Crippen molar-refractivity contribution in [3.05, 3.63) is 11.1 Å². The van der Waals surface area contributed by atoms with Gasteiger partial charge in [-0.15, -0.1) is 0 Å². The van der Waals surface area contributed by atoms with E-state index in [1.807, 2.05) is 6.92 Å². The van der Waals surface area contributed by atoms with Crippen molar-refractivity contribution in [2.75, 3.05) is 13.2 Å². The van der Waals surface area contributed by atoms with Gasteiger partial charge in [0.2, 0.25) is 0 Å². The number of aliphatic hydroxyl groups is 3. The van der Waals surface area contributed by atoms with Gasteiger partial charge < -0.3 is 29.5 Å². The molecule has 2 rings (SSSR count). The van der Waals surface area contributed by atoms with Crippen LogP contribution in [-0.4, -0.2) is 71.1 Å². The van der Waals surface area contributed by atoms with E-state index < -0.39 is 24.4 Å². The first-order valence-corrected chi connectivity index (χ1v) is 9.82. The van der Waals surface area contributed by atoms with Gasteiger partial charge in [-0.05, 0) is 40.5 Å². The fourth-order valence-corrected chi connectivity index (χ4v) is 3.58. The van der Waals surface area contributed by atoms with E-state index in [-0.39, 0.29) is 30.0 Å². The normalized spacial score (nSPS) is 36.6. The molecule has 156 valence electrons. The molecule has 0 bridgehead atoms. The van der Waals surface area contributed by atoms with Crippen LogP contribution < -0.4 is 0 Å². The van der Waals surface area contributed by atoms with Crippen LogP contribution in [0.3, 0.4) is 0 Å². The number of rotatable bonds is 8. The third kappa shape index (κ3) is 5.51. The Morgan fingerprint density at radius 2 is 1.85 bits per heavy atom. The van der Waals surface area contributed by atoms with Gasteiger partial charge in [0.25, 0.3) is 0 Å². The Hall–Kier alpha value is -0.990. The topological polar surface area (TPSA) is 109 Å². The molecule has 0 aliphatic carbocycles. The Morgan fingerprint density at radius 3 is 2.44 bits per heavy atom. The number of hydrogen-bond donors (Lipinski definition) is 3. The van der Waals surface area contributed by atoms with Gasteiger partial charge in [0, 0.05) is 17.4 Å². The van der Waals surface area contributed by atoms with Crippen LogP contribution >= 0.6 is 0 Å². The van der Waals surface area contributed by atoms with Crippen molar-refractivity contribution in [3.63, 3.8) is 0 Å². The first kappa shape index (κ1) is 22.3. The Kier molecular flexibility index (Phi) is 7.83. The Morgan fingerprint density at radius 1 is 1.19 bits per heavy atom. The van der Waals surface area contributed by atoms with Crippen molar-refractivity contribution in [2.24, 2.45) is 11.8 Å². The minimum atomic E-state index is -1.03. The van der Waals surface area contributed by atoms with Gasteiger partial charge in [-0.25, -0.2) is 4.79 Å². The van der Waals surface area contributed by atoms with Gasteiger partial charge in [-0.2, -0.15) is 0 Å². The lowest BCUT2D eigenvalue weighted by atomic mass is 9.85. The van der Waals surface area contributed by atoms with Crippen LogP contribution in [0.4, 0.5) is 0 Å². The van der Waals surface area contributed by atoms with Crippen LogP contribution in [0, 0.1) is 11.8 Å². The lowest BCUT2D eigenvalue weighted by Crippen LogP contribution is -2.50. The van der Waals surface area contributed by atoms with Crippen LogP contribution in [0.15, 0.2) is 11.1 Å². The van der Waals surface area contributed by atoms with Crippen molar-refractivity contribution in [3.8, 4) is 0 Å². The van der Waals surface area contributed by atoms with Gasteiger partial charge in [0.05, 0.1) is 43.7 Å². The number of carbonyl (C=O) groups is 1. The number of carbonyl (C=O) groups excluding carboxylic acids is 1. The number of epoxide rings is 1. The molecule has 0 aromatic carbocycles. The smallest absolute Gasteiger partial charge is 0.333 e. The highest BCUT2D eigenvalue weighted by Crippen LogP contribution is 2.38. The van der Waals surface area contributed by atoms with Gasteiger partial charge in [-0.3, -0.25) is 0 Å². The van der Waals surface area contributed by atoms with E-state index in [1.54, 1.807) is 27.7 Å². The quantitative estimate of drug-likeness (QED) is 0.327. The molecule has 7 heteroatoms. The molecule has 7 nitrogen and oxygen atoms in total. The van der Waals surface area contributed by atoms with Gasteiger partial charge in [-0.1, -0.05) is 12.5 Å². The summed E-state index contributed by atoms with van der Waals surface area (Å²) >= 11 is 0. The minimum Gasteiger partial charge on any atom is -0.463 e. The highest BCUT2D eigenvalue weighted by atomic mass is 16.6. The molecule has 0 radical (unpaired) electrons. The van der Waals surface area contributed by atoms with Crippen LogP contribution in [-0.2, 0) is 19.0 Å². The van der Waals surface area contributed by atoms with Gasteiger partial charge in [0.15, 0.2) is 0 Å². The number of esters is 1. The molecule has 0 spiro atoms. The maximum atomic E-state index is 11.8. The number of ether oxygens (including phenoxy) is 3. The Balaban J connectivity index is 1.88. The molecule has 0 aromatic heterocycles. The zero-order valence-electron chi connectivity index (χ0n) is 16.9. The van der Waals surface area contributed by atoms with Crippen molar-refractivity contribution in [2.45, 2.75) is 84.1 Å². The van der Waals surface area contributed by atoms with E-state index in [1.165, 1.54) is 0 Å². The summed E-state index contributed by atoms with van der Waals surface area (Å²) < 4.78 is 16.4. The summed E-state index contributed by atoms with van der Waals surface area (Å²) in [6, 6.07) is 0. The van der Waals surface area contributed by atoms with Crippen LogP contribution in [0.2, 0.25) is 0 Å². The lowest BCUT2D eigenvalue weighted by Gasteiger charge is -2.38. The average Bonchev–Trinajstić information content (AvgIpc) is 3.39. The molecule has 2 fully saturated rings. The average molecular weight is 386 g/mol. The van der Waals surface area contributed by atoms with E-state index in [9.17, 15) is 20.1 Å². The zero-order valence-corrected chi connectivity index (χ0v) is 16.9. The highest BCUT2D eigenvalue weighted by molar-refractivity contribution is 5.88. The predicted molar refractivity (Wildman–Crippen MR) is 99.0 cm³/mol. The summed E-state index contributed by atoms with van der Waals surface area (Å²) in [4.78, 5) is 11.8.